The van der Waals surface area contributed by atoms with Gasteiger partial charge in [0.15, 0.2) is 0 Å². The molecule has 1 atom stereocenters. The molecule has 0 aliphatic heterocycles. The summed E-state index contributed by atoms with van der Waals surface area (Å²) in [6.07, 6.45) is 1.98. The number of nitrogens with zero attached hydrogens (tertiary/aromatic N) is 2. The van der Waals surface area contributed by atoms with Gasteiger partial charge in [-0.05, 0) is 17.7 Å². The number of hydrogen-bond acceptors (Lipinski definition) is 3. The van der Waals surface area contributed by atoms with E-state index in [-0.39, 0.29) is 11.8 Å². The lowest BCUT2D eigenvalue weighted by Crippen LogP contribution is -2.47. The SMILES string of the molecule is CN(C)C(=O)C(Cc1ccccc1)NC(=O)c1cc2cc(Cl)ncc2[nH]1. The number of benzene rings is 1. The molecule has 0 fully saturated rings. The van der Waals surface area contributed by atoms with Crippen molar-refractivity contribution < 1.29 is 9.59 Å². The van der Waals surface area contributed by atoms with E-state index in [1.54, 1.807) is 32.4 Å². The fourth-order valence-corrected chi connectivity index (χ4v) is 2.89. The first-order valence-electron chi connectivity index (χ1n) is 8.14. The zero-order valence-corrected chi connectivity index (χ0v) is 15.2. The van der Waals surface area contributed by atoms with E-state index in [1.807, 2.05) is 30.3 Å². The van der Waals surface area contributed by atoms with Crippen LogP contribution in [0.4, 0.5) is 0 Å². The Hall–Kier alpha value is -2.86. The van der Waals surface area contributed by atoms with Gasteiger partial charge in [-0.15, -0.1) is 0 Å². The van der Waals surface area contributed by atoms with Crippen LogP contribution in [0.3, 0.4) is 0 Å². The number of carbonyl (C=O) groups is 2. The van der Waals surface area contributed by atoms with Crippen LogP contribution in [0.25, 0.3) is 10.9 Å². The number of carbonyl (C=O) groups excluding carboxylic acids is 2. The highest BCUT2D eigenvalue weighted by Gasteiger charge is 2.24. The maximum absolute atomic E-state index is 12.7. The highest BCUT2D eigenvalue weighted by Crippen LogP contribution is 2.18. The molecule has 3 rings (SSSR count). The molecule has 134 valence electrons. The molecule has 0 saturated carbocycles. The zero-order chi connectivity index (χ0) is 18.7. The number of halogens is 1. The van der Waals surface area contributed by atoms with Crippen LogP contribution in [0, 0.1) is 0 Å². The number of aromatic amines is 1. The molecule has 26 heavy (non-hydrogen) atoms. The standard InChI is InChI=1S/C19H19ClN4O2/c1-24(2)19(26)15(8-12-6-4-3-5-7-12)23-18(25)14-9-13-10-17(20)21-11-16(13)22-14/h3-7,9-11,15,22H,8H2,1-2H3,(H,23,25). The Bertz CT molecular complexity index is 937. The molecule has 0 radical (unpaired) electrons. The fraction of sp³-hybridized carbons (Fsp3) is 0.211. The molecule has 1 aromatic carbocycles. The van der Waals surface area contributed by atoms with Crippen molar-refractivity contribution in [2.24, 2.45) is 0 Å². The van der Waals surface area contributed by atoms with Crippen LogP contribution in [0.15, 0.2) is 48.7 Å². The molecule has 2 N–H and O–H groups in total. The lowest BCUT2D eigenvalue weighted by molar-refractivity contribution is -0.130. The third-order valence-electron chi connectivity index (χ3n) is 4.04. The molecule has 0 saturated heterocycles. The van der Waals surface area contributed by atoms with E-state index in [0.29, 0.717) is 22.8 Å². The van der Waals surface area contributed by atoms with Crippen LogP contribution in [0.5, 0.6) is 0 Å². The van der Waals surface area contributed by atoms with E-state index < -0.39 is 6.04 Å². The summed E-state index contributed by atoms with van der Waals surface area (Å²) in [4.78, 5) is 33.6. The van der Waals surface area contributed by atoms with Crippen LogP contribution in [0.2, 0.25) is 5.15 Å². The first-order chi connectivity index (χ1) is 12.4. The van der Waals surface area contributed by atoms with Crippen LogP contribution < -0.4 is 5.32 Å². The smallest absolute Gasteiger partial charge is 0.268 e. The van der Waals surface area contributed by atoms with Crippen molar-refractivity contribution in [1.82, 2.24) is 20.2 Å². The summed E-state index contributed by atoms with van der Waals surface area (Å²) in [7, 11) is 3.34. The van der Waals surface area contributed by atoms with Gasteiger partial charge in [0.2, 0.25) is 5.91 Å². The minimum absolute atomic E-state index is 0.164. The maximum Gasteiger partial charge on any atom is 0.268 e. The minimum Gasteiger partial charge on any atom is -0.349 e. The van der Waals surface area contributed by atoms with Crippen LogP contribution >= 0.6 is 11.6 Å². The maximum atomic E-state index is 12.7. The summed E-state index contributed by atoms with van der Waals surface area (Å²) in [6.45, 7) is 0. The van der Waals surface area contributed by atoms with Gasteiger partial charge in [-0.2, -0.15) is 0 Å². The number of rotatable bonds is 5. The van der Waals surface area contributed by atoms with Gasteiger partial charge in [0.25, 0.3) is 5.91 Å². The molecule has 7 heteroatoms. The third kappa shape index (κ3) is 4.03. The number of pyridine rings is 1. The monoisotopic (exact) mass is 370 g/mol. The Morgan fingerprint density at radius 3 is 2.65 bits per heavy atom. The third-order valence-corrected chi connectivity index (χ3v) is 4.25. The summed E-state index contributed by atoms with van der Waals surface area (Å²) in [6, 6.07) is 12.3. The van der Waals surface area contributed by atoms with Crippen molar-refractivity contribution in [3.63, 3.8) is 0 Å². The van der Waals surface area contributed by atoms with Crippen LogP contribution in [0.1, 0.15) is 16.1 Å². The molecule has 3 aromatic rings. The highest BCUT2D eigenvalue weighted by molar-refractivity contribution is 6.30. The van der Waals surface area contributed by atoms with Gasteiger partial charge in [-0.1, -0.05) is 41.9 Å². The average molecular weight is 371 g/mol. The predicted molar refractivity (Wildman–Crippen MR) is 101 cm³/mol. The molecule has 2 heterocycles. The topological polar surface area (TPSA) is 78.1 Å². The Kier molecular flexibility index (Phi) is 5.23. The molecule has 2 aromatic heterocycles. The van der Waals surface area contributed by atoms with E-state index in [0.717, 1.165) is 10.9 Å². The van der Waals surface area contributed by atoms with Gasteiger partial charge in [-0.25, -0.2) is 4.98 Å². The number of nitrogens with one attached hydrogen (secondary N) is 2. The summed E-state index contributed by atoms with van der Waals surface area (Å²) >= 11 is 5.88. The molecule has 0 bridgehead atoms. The first-order valence-corrected chi connectivity index (χ1v) is 8.52. The second kappa shape index (κ2) is 7.58. The van der Waals surface area contributed by atoms with Gasteiger partial charge in [-0.3, -0.25) is 9.59 Å². The van der Waals surface area contributed by atoms with Gasteiger partial charge in [0, 0.05) is 25.9 Å². The van der Waals surface area contributed by atoms with Gasteiger partial charge < -0.3 is 15.2 Å². The Labute approximate surface area is 156 Å². The number of hydrogen-bond donors (Lipinski definition) is 2. The van der Waals surface area contributed by atoms with E-state index in [9.17, 15) is 9.59 Å². The van der Waals surface area contributed by atoms with E-state index >= 15 is 0 Å². The van der Waals surface area contributed by atoms with Crippen molar-refractivity contribution in [2.45, 2.75) is 12.5 Å². The fourth-order valence-electron chi connectivity index (χ4n) is 2.72. The lowest BCUT2D eigenvalue weighted by atomic mass is 10.0. The zero-order valence-electron chi connectivity index (χ0n) is 14.5. The number of likely N-dealkylation sites (N-methyl/N-ethyl adjacent to an activating group) is 1. The molecule has 0 aliphatic carbocycles. The summed E-state index contributed by atoms with van der Waals surface area (Å²) < 4.78 is 0. The predicted octanol–water partition coefficient (Wildman–Crippen LogP) is 2.65. The number of fused-ring (bicyclic) bond motifs is 1. The molecule has 6 nitrogen and oxygen atoms in total. The van der Waals surface area contributed by atoms with Crippen molar-refractivity contribution >= 4 is 34.3 Å². The van der Waals surface area contributed by atoms with E-state index in [4.69, 9.17) is 11.6 Å². The molecule has 2 amide bonds. The molecule has 0 spiro atoms. The summed E-state index contributed by atoms with van der Waals surface area (Å²) in [5.74, 6) is -0.517. The van der Waals surface area contributed by atoms with Gasteiger partial charge in [0.05, 0.1) is 11.7 Å². The van der Waals surface area contributed by atoms with Gasteiger partial charge in [0.1, 0.15) is 16.9 Å². The summed E-state index contributed by atoms with van der Waals surface area (Å²) in [5.41, 5.74) is 2.03. The Morgan fingerprint density at radius 1 is 1.23 bits per heavy atom. The Balaban J connectivity index is 1.82. The molecular formula is C19H19ClN4O2. The van der Waals surface area contributed by atoms with Crippen molar-refractivity contribution in [2.75, 3.05) is 14.1 Å². The van der Waals surface area contributed by atoms with Crippen molar-refractivity contribution in [3.8, 4) is 0 Å². The van der Waals surface area contributed by atoms with Crippen LogP contribution in [-0.4, -0.2) is 46.8 Å². The molecule has 1 unspecified atom stereocenters. The lowest BCUT2D eigenvalue weighted by Gasteiger charge is -2.21. The minimum atomic E-state index is -0.659. The summed E-state index contributed by atoms with van der Waals surface area (Å²) in [5, 5.41) is 3.96. The average Bonchev–Trinajstić information content (AvgIpc) is 3.04. The van der Waals surface area contributed by atoms with Gasteiger partial charge >= 0.3 is 0 Å². The second-order valence-electron chi connectivity index (χ2n) is 6.23. The van der Waals surface area contributed by atoms with Crippen molar-refractivity contribution in [1.29, 1.82) is 0 Å². The molecule has 0 aliphatic rings. The number of aromatic nitrogens is 2. The largest absolute Gasteiger partial charge is 0.349 e. The normalized spacial score (nSPS) is 12.0. The van der Waals surface area contributed by atoms with Crippen molar-refractivity contribution in [3.05, 3.63) is 65.1 Å². The quantitative estimate of drug-likeness (QED) is 0.678. The van der Waals surface area contributed by atoms with E-state index in [1.165, 1.54) is 4.90 Å². The second-order valence-corrected chi connectivity index (χ2v) is 6.61. The first kappa shape index (κ1) is 17.9. The highest BCUT2D eigenvalue weighted by atomic mass is 35.5. The molecular weight excluding hydrogens is 352 g/mol. The number of amides is 2. The number of H-pyrrole nitrogens is 1. The van der Waals surface area contributed by atoms with E-state index in [2.05, 4.69) is 15.3 Å². The Morgan fingerprint density at radius 2 is 1.96 bits per heavy atom. The van der Waals surface area contributed by atoms with Crippen LogP contribution in [-0.2, 0) is 11.2 Å².